The SMILES string of the molecule is CCCn1nncc1-c1nc(C(C)(C)C)nc(NC)c1C. The zero-order valence-electron chi connectivity index (χ0n) is 13.7. The minimum Gasteiger partial charge on any atom is -0.373 e. The minimum atomic E-state index is -0.114. The third kappa shape index (κ3) is 3.04. The third-order valence-electron chi connectivity index (χ3n) is 3.35. The molecule has 6 nitrogen and oxygen atoms in total. The zero-order valence-corrected chi connectivity index (χ0v) is 13.7. The second-order valence-corrected chi connectivity index (χ2v) is 6.21. The summed E-state index contributed by atoms with van der Waals surface area (Å²) in [5.41, 5.74) is 2.75. The van der Waals surface area contributed by atoms with E-state index < -0.39 is 0 Å². The predicted octanol–water partition coefficient (Wildman–Crippen LogP) is 2.79. The van der Waals surface area contributed by atoms with Crippen LogP contribution in [0.1, 0.15) is 45.5 Å². The van der Waals surface area contributed by atoms with Crippen LogP contribution in [0.3, 0.4) is 0 Å². The molecule has 2 aromatic rings. The first-order valence-electron chi connectivity index (χ1n) is 7.34. The van der Waals surface area contributed by atoms with E-state index in [1.54, 1.807) is 6.20 Å². The molecule has 0 amide bonds. The first-order valence-corrected chi connectivity index (χ1v) is 7.34. The quantitative estimate of drug-likeness (QED) is 0.937. The molecule has 1 N–H and O–H groups in total. The van der Waals surface area contributed by atoms with Crippen LogP contribution in [0.4, 0.5) is 5.82 Å². The van der Waals surface area contributed by atoms with E-state index in [2.05, 4.69) is 48.3 Å². The van der Waals surface area contributed by atoms with Crippen molar-refractivity contribution in [3.05, 3.63) is 17.6 Å². The maximum Gasteiger partial charge on any atom is 0.136 e. The Labute approximate surface area is 126 Å². The van der Waals surface area contributed by atoms with E-state index >= 15 is 0 Å². The fourth-order valence-corrected chi connectivity index (χ4v) is 2.16. The third-order valence-corrected chi connectivity index (χ3v) is 3.35. The molecule has 0 radical (unpaired) electrons. The van der Waals surface area contributed by atoms with Crippen LogP contribution in [0.2, 0.25) is 0 Å². The molecule has 0 bridgehead atoms. The summed E-state index contributed by atoms with van der Waals surface area (Å²) in [6.45, 7) is 11.3. The lowest BCUT2D eigenvalue weighted by atomic mass is 9.95. The van der Waals surface area contributed by atoms with Gasteiger partial charge in [0.05, 0.1) is 11.9 Å². The Hall–Kier alpha value is -1.98. The van der Waals surface area contributed by atoms with Crippen molar-refractivity contribution in [3.8, 4) is 11.4 Å². The summed E-state index contributed by atoms with van der Waals surface area (Å²) in [5, 5.41) is 11.4. The molecule has 2 rings (SSSR count). The first kappa shape index (κ1) is 15.4. The molecule has 0 fully saturated rings. The largest absolute Gasteiger partial charge is 0.373 e. The molecule has 0 spiro atoms. The van der Waals surface area contributed by atoms with Gasteiger partial charge in [0.25, 0.3) is 0 Å². The van der Waals surface area contributed by atoms with Crippen molar-refractivity contribution in [2.75, 3.05) is 12.4 Å². The molecule has 0 aliphatic heterocycles. The molecule has 0 atom stereocenters. The van der Waals surface area contributed by atoms with Gasteiger partial charge in [-0.25, -0.2) is 14.6 Å². The average molecular weight is 288 g/mol. The van der Waals surface area contributed by atoms with Crippen LogP contribution in [0.15, 0.2) is 6.20 Å². The summed E-state index contributed by atoms with van der Waals surface area (Å²) in [5.74, 6) is 1.67. The van der Waals surface area contributed by atoms with E-state index in [1.165, 1.54) is 0 Å². The Morgan fingerprint density at radius 1 is 1.24 bits per heavy atom. The Bertz CT molecular complexity index is 624. The molecule has 2 heterocycles. The highest BCUT2D eigenvalue weighted by molar-refractivity contribution is 5.65. The molecular formula is C15H24N6. The Kier molecular flexibility index (Phi) is 4.25. The van der Waals surface area contributed by atoms with Crippen LogP contribution in [0, 0.1) is 6.92 Å². The van der Waals surface area contributed by atoms with Gasteiger partial charge in [-0.1, -0.05) is 32.9 Å². The Balaban J connectivity index is 2.64. The highest BCUT2D eigenvalue weighted by Gasteiger charge is 2.22. The van der Waals surface area contributed by atoms with Crippen LogP contribution in [-0.2, 0) is 12.0 Å². The smallest absolute Gasteiger partial charge is 0.136 e. The highest BCUT2D eigenvalue weighted by Crippen LogP contribution is 2.29. The van der Waals surface area contributed by atoms with Crippen LogP contribution in [-0.4, -0.2) is 32.0 Å². The van der Waals surface area contributed by atoms with Crippen molar-refractivity contribution in [2.24, 2.45) is 0 Å². The Morgan fingerprint density at radius 3 is 2.52 bits per heavy atom. The monoisotopic (exact) mass is 288 g/mol. The lowest BCUT2D eigenvalue weighted by Crippen LogP contribution is -2.19. The van der Waals surface area contributed by atoms with Gasteiger partial charge in [0.1, 0.15) is 17.3 Å². The molecular weight excluding hydrogens is 264 g/mol. The zero-order chi connectivity index (χ0) is 15.6. The molecule has 0 unspecified atom stereocenters. The van der Waals surface area contributed by atoms with Gasteiger partial charge >= 0.3 is 0 Å². The number of nitrogens with one attached hydrogen (secondary N) is 1. The molecule has 114 valence electrons. The molecule has 2 aromatic heterocycles. The topological polar surface area (TPSA) is 68.5 Å². The highest BCUT2D eigenvalue weighted by atomic mass is 15.4. The van der Waals surface area contributed by atoms with Gasteiger partial charge in [0.15, 0.2) is 0 Å². The van der Waals surface area contributed by atoms with Gasteiger partial charge in [0, 0.05) is 24.6 Å². The van der Waals surface area contributed by atoms with E-state index in [4.69, 9.17) is 4.98 Å². The van der Waals surface area contributed by atoms with Crippen molar-refractivity contribution < 1.29 is 0 Å². The Morgan fingerprint density at radius 2 is 1.95 bits per heavy atom. The number of hydrogen-bond donors (Lipinski definition) is 1. The molecule has 6 heteroatoms. The van der Waals surface area contributed by atoms with Gasteiger partial charge in [0.2, 0.25) is 0 Å². The number of aromatic nitrogens is 5. The van der Waals surface area contributed by atoms with Crippen molar-refractivity contribution >= 4 is 5.82 Å². The summed E-state index contributed by atoms with van der Waals surface area (Å²) >= 11 is 0. The van der Waals surface area contributed by atoms with Crippen molar-refractivity contribution in [1.82, 2.24) is 25.0 Å². The van der Waals surface area contributed by atoms with Gasteiger partial charge in [-0.05, 0) is 13.3 Å². The first-order chi connectivity index (χ1) is 9.88. The number of hydrogen-bond acceptors (Lipinski definition) is 5. The second-order valence-electron chi connectivity index (χ2n) is 6.21. The van der Waals surface area contributed by atoms with Crippen molar-refractivity contribution in [1.29, 1.82) is 0 Å². The van der Waals surface area contributed by atoms with E-state index in [0.717, 1.165) is 41.6 Å². The van der Waals surface area contributed by atoms with Crippen LogP contribution in [0.25, 0.3) is 11.4 Å². The summed E-state index contributed by atoms with van der Waals surface area (Å²) in [6.07, 6.45) is 2.78. The van der Waals surface area contributed by atoms with Gasteiger partial charge in [-0.15, -0.1) is 5.10 Å². The van der Waals surface area contributed by atoms with Gasteiger partial charge in [-0.2, -0.15) is 0 Å². The lowest BCUT2D eigenvalue weighted by Gasteiger charge is -2.20. The maximum atomic E-state index is 4.79. The van der Waals surface area contributed by atoms with Crippen LogP contribution in [0.5, 0.6) is 0 Å². The number of aryl methyl sites for hydroxylation is 1. The van der Waals surface area contributed by atoms with Crippen molar-refractivity contribution in [3.63, 3.8) is 0 Å². The average Bonchev–Trinajstić information content (AvgIpc) is 2.86. The maximum absolute atomic E-state index is 4.79. The van der Waals surface area contributed by atoms with Crippen LogP contribution >= 0.6 is 0 Å². The summed E-state index contributed by atoms with van der Waals surface area (Å²) in [4.78, 5) is 9.42. The fourth-order valence-electron chi connectivity index (χ4n) is 2.16. The summed E-state index contributed by atoms with van der Waals surface area (Å²) in [6, 6.07) is 0. The number of rotatable bonds is 4. The second kappa shape index (κ2) is 5.79. The molecule has 0 aliphatic carbocycles. The van der Waals surface area contributed by atoms with Crippen LogP contribution < -0.4 is 5.32 Å². The molecule has 21 heavy (non-hydrogen) atoms. The summed E-state index contributed by atoms with van der Waals surface area (Å²) in [7, 11) is 1.88. The van der Waals surface area contributed by atoms with Crippen molar-refractivity contribution in [2.45, 2.75) is 53.0 Å². The summed E-state index contributed by atoms with van der Waals surface area (Å²) < 4.78 is 1.90. The predicted molar refractivity (Wildman–Crippen MR) is 84.3 cm³/mol. The normalized spacial score (nSPS) is 11.7. The molecule has 0 saturated heterocycles. The fraction of sp³-hybridized carbons (Fsp3) is 0.600. The molecule has 0 saturated carbocycles. The van der Waals surface area contributed by atoms with E-state index in [0.29, 0.717) is 0 Å². The standard InChI is InChI=1S/C15H24N6/c1-7-8-21-11(9-17-20-21)12-10(2)13(16-6)19-14(18-12)15(3,4)5/h9H,7-8H2,1-6H3,(H,16,18,19). The van der Waals surface area contributed by atoms with E-state index in [9.17, 15) is 0 Å². The van der Waals surface area contributed by atoms with E-state index in [-0.39, 0.29) is 5.41 Å². The molecule has 0 aliphatic rings. The number of anilines is 1. The van der Waals surface area contributed by atoms with E-state index in [1.807, 2.05) is 18.7 Å². The van der Waals surface area contributed by atoms with Gasteiger partial charge in [-0.3, -0.25) is 0 Å². The van der Waals surface area contributed by atoms with Gasteiger partial charge < -0.3 is 5.32 Å². The molecule has 0 aromatic carbocycles. The number of nitrogens with zero attached hydrogens (tertiary/aromatic N) is 5. The lowest BCUT2D eigenvalue weighted by molar-refractivity contribution is 0.544. The minimum absolute atomic E-state index is 0.114.